The van der Waals surface area contributed by atoms with Gasteiger partial charge in [0.25, 0.3) is 0 Å². The van der Waals surface area contributed by atoms with Crippen molar-refractivity contribution in [1.82, 2.24) is 0 Å². The fourth-order valence-corrected chi connectivity index (χ4v) is 2.75. The summed E-state index contributed by atoms with van der Waals surface area (Å²) in [5, 5.41) is 17.9. The van der Waals surface area contributed by atoms with Crippen LogP contribution in [0.4, 0.5) is 13.2 Å². The number of carbonyl (C=O) groups excluding carboxylic acids is 1. The topological polar surface area (TPSA) is 66.8 Å². The van der Waals surface area contributed by atoms with Gasteiger partial charge in [-0.15, -0.1) is 0 Å². The van der Waals surface area contributed by atoms with Gasteiger partial charge in [-0.05, 0) is 52.4 Å². The molecule has 1 atom stereocenters. The average Bonchev–Trinajstić information content (AvgIpc) is 2.60. The molecule has 2 aromatic rings. The van der Waals surface area contributed by atoms with Gasteiger partial charge in [0.15, 0.2) is 17.4 Å². The van der Waals surface area contributed by atoms with Gasteiger partial charge in [0.05, 0.1) is 13.2 Å². The van der Waals surface area contributed by atoms with E-state index >= 15 is 0 Å². The van der Waals surface area contributed by atoms with E-state index < -0.39 is 42.6 Å². The van der Waals surface area contributed by atoms with Gasteiger partial charge >= 0.3 is 0 Å². The summed E-state index contributed by atoms with van der Waals surface area (Å²) in [6.07, 6.45) is -1.44. The van der Waals surface area contributed by atoms with Crippen molar-refractivity contribution in [2.75, 3.05) is 19.8 Å². The molecule has 0 saturated heterocycles. The molecule has 0 radical (unpaired) electrons. The third kappa shape index (κ3) is 6.84. The van der Waals surface area contributed by atoms with Crippen molar-refractivity contribution in [1.29, 1.82) is 0 Å². The molecule has 0 unspecified atom stereocenters. The van der Waals surface area contributed by atoms with Crippen molar-refractivity contribution >= 4 is 28.4 Å². The highest BCUT2D eigenvalue weighted by molar-refractivity contribution is 14.1. The van der Waals surface area contributed by atoms with Crippen molar-refractivity contribution in [2.24, 2.45) is 0 Å². The molecule has 0 spiro atoms. The summed E-state index contributed by atoms with van der Waals surface area (Å²) in [6.45, 7) is -1.31. The number of ether oxygens (including phenoxy) is 1. The Morgan fingerprint density at radius 1 is 1.11 bits per heavy atom. The number of hydrogen-bond donors (Lipinski definition) is 2. The van der Waals surface area contributed by atoms with Crippen LogP contribution in [-0.2, 0) is 11.2 Å². The zero-order chi connectivity index (χ0) is 19.3. The molecule has 28 heavy (non-hydrogen) atoms. The number of halogens is 4. The summed E-state index contributed by atoms with van der Waals surface area (Å²) in [5.74, 6) is -3.58. The van der Waals surface area contributed by atoms with Crippen molar-refractivity contribution < 1.29 is 32.9 Å². The van der Waals surface area contributed by atoms with Crippen LogP contribution in [0.3, 0.4) is 0 Å². The third-order valence-electron chi connectivity index (χ3n) is 3.63. The second-order valence-electron chi connectivity index (χ2n) is 5.57. The molecule has 0 saturated carbocycles. The molecule has 0 aromatic heterocycles. The third-order valence-corrected chi connectivity index (χ3v) is 4.30. The number of ketones is 1. The van der Waals surface area contributed by atoms with Gasteiger partial charge in [-0.1, -0.05) is 20.9 Å². The normalized spacial score (nSPS) is 11.4. The average molecular weight is 512 g/mol. The van der Waals surface area contributed by atoms with Crippen LogP contribution in [0.25, 0.3) is 0 Å². The first-order valence-corrected chi connectivity index (χ1v) is 8.72. The molecule has 0 fully saturated rings. The number of aliphatic hydroxyl groups is 2. The monoisotopic (exact) mass is 512 g/mol. The Hall–Kier alpha value is -1.49. The molecule has 0 aliphatic carbocycles. The van der Waals surface area contributed by atoms with Crippen LogP contribution in [0, 0.1) is 21.0 Å². The minimum atomic E-state index is -1.22. The molecule has 4 nitrogen and oxygen atoms in total. The number of hydrogen-bond acceptors (Lipinski definition) is 4. The van der Waals surface area contributed by atoms with Gasteiger partial charge in [-0.2, -0.15) is 0 Å². The highest BCUT2D eigenvalue weighted by Crippen LogP contribution is 2.23. The lowest BCUT2D eigenvalue weighted by Crippen LogP contribution is -2.22. The lowest BCUT2D eigenvalue weighted by Gasteiger charge is -2.13. The van der Waals surface area contributed by atoms with Gasteiger partial charge in [-0.25, -0.2) is 13.2 Å². The van der Waals surface area contributed by atoms with Crippen LogP contribution in [0.15, 0.2) is 30.3 Å². The molecule has 2 rings (SSSR count). The van der Waals surface area contributed by atoms with Gasteiger partial charge in [0.2, 0.25) is 0 Å². The maximum atomic E-state index is 14.3. The van der Waals surface area contributed by atoms with Crippen LogP contribution < -0.4 is 0 Å². The molecule has 0 amide bonds. The summed E-state index contributed by atoms with van der Waals surface area (Å²) < 4.78 is 47.5. The van der Waals surface area contributed by atoms with Crippen molar-refractivity contribution in [3.05, 3.63) is 68.0 Å². The van der Waals surface area contributed by atoms with E-state index in [-0.39, 0.29) is 44.6 Å². The highest BCUT2D eigenvalue weighted by atomic mass is 127. The Morgan fingerprint density at radius 3 is 2.39 bits per heavy atom. The van der Waals surface area contributed by atoms with E-state index in [0.29, 0.717) is 3.57 Å². The molecular weight excluding hydrogens is 488 g/mol. The summed E-state index contributed by atoms with van der Waals surface area (Å²) in [7, 11) is 0. The van der Waals surface area contributed by atoms with Gasteiger partial charge in [0, 0.05) is 21.1 Å². The number of aliphatic hydroxyl groups excluding tert-OH is 2. The fourth-order valence-electron chi connectivity index (χ4n) is 2.30. The molecular formula is C20H24F3IO4. The van der Waals surface area contributed by atoms with E-state index in [1.807, 2.05) is 22.6 Å². The largest absolute Gasteiger partial charge is 0.394 e. The Morgan fingerprint density at radius 2 is 1.79 bits per heavy atom. The predicted molar refractivity (Wildman–Crippen MR) is 110 cm³/mol. The molecule has 8 heteroatoms. The fraction of sp³-hybridized carbons (Fsp3) is 0.350. The SMILES string of the molecule is C.C.O=C(COC[C@H](O)CO)c1ccc(F)c(F)c1Cc1ccc(I)cc1F. The molecule has 0 aliphatic rings. The number of rotatable bonds is 8. The molecule has 2 N–H and O–H groups in total. The maximum Gasteiger partial charge on any atom is 0.188 e. The predicted octanol–water partition coefficient (Wildman–Crippen LogP) is 4.12. The van der Waals surface area contributed by atoms with E-state index in [0.717, 1.165) is 12.1 Å². The first-order valence-electron chi connectivity index (χ1n) is 7.64. The van der Waals surface area contributed by atoms with Crippen molar-refractivity contribution in [3.63, 3.8) is 0 Å². The minimum Gasteiger partial charge on any atom is -0.394 e. The Labute approximate surface area is 176 Å². The summed E-state index contributed by atoms with van der Waals surface area (Å²) >= 11 is 1.92. The van der Waals surface area contributed by atoms with Crippen molar-refractivity contribution in [2.45, 2.75) is 27.4 Å². The van der Waals surface area contributed by atoms with Crippen LogP contribution >= 0.6 is 22.6 Å². The van der Waals surface area contributed by atoms with E-state index in [1.165, 1.54) is 12.1 Å². The standard InChI is InChI=1S/C18H16F3IO4.2CH4/c19-15-4-3-13(17(25)9-26-8-12(24)7-23)14(18(15)21)5-10-1-2-11(22)6-16(10)20;;/h1-4,6,12,23-24H,5,7-9H2;2*1H4/t12-;;/m1../s1. The first kappa shape index (κ1) is 26.5. The van der Waals surface area contributed by atoms with Crippen LogP contribution in [0.5, 0.6) is 0 Å². The van der Waals surface area contributed by atoms with Gasteiger partial charge < -0.3 is 14.9 Å². The number of carbonyl (C=O) groups is 1. The minimum absolute atomic E-state index is 0. The molecule has 156 valence electrons. The summed E-state index contributed by atoms with van der Waals surface area (Å²) in [4.78, 5) is 12.3. The zero-order valence-electron chi connectivity index (χ0n) is 13.5. The highest BCUT2D eigenvalue weighted by Gasteiger charge is 2.20. The maximum absolute atomic E-state index is 14.3. The zero-order valence-corrected chi connectivity index (χ0v) is 15.7. The molecule has 0 bridgehead atoms. The van der Waals surface area contributed by atoms with Crippen molar-refractivity contribution in [3.8, 4) is 0 Å². The Balaban J connectivity index is 0.00000364. The van der Waals surface area contributed by atoms with Gasteiger partial charge in [-0.3, -0.25) is 4.79 Å². The lowest BCUT2D eigenvalue weighted by molar-refractivity contribution is 0.00893. The van der Waals surface area contributed by atoms with Crippen LogP contribution in [-0.4, -0.2) is 41.9 Å². The second-order valence-corrected chi connectivity index (χ2v) is 6.82. The van der Waals surface area contributed by atoms with Gasteiger partial charge in [0.1, 0.15) is 18.5 Å². The molecule has 0 aliphatic heterocycles. The Bertz CT molecular complexity index is 799. The van der Waals surface area contributed by atoms with Crippen LogP contribution in [0.2, 0.25) is 0 Å². The second kappa shape index (κ2) is 12.2. The smallest absolute Gasteiger partial charge is 0.188 e. The molecule has 0 heterocycles. The number of benzene rings is 2. The van der Waals surface area contributed by atoms with E-state index in [4.69, 9.17) is 9.84 Å². The van der Waals surface area contributed by atoms with E-state index in [2.05, 4.69) is 0 Å². The molecule has 2 aromatic carbocycles. The van der Waals surface area contributed by atoms with E-state index in [1.54, 1.807) is 6.07 Å². The van der Waals surface area contributed by atoms with Crippen LogP contribution in [0.1, 0.15) is 36.3 Å². The lowest BCUT2D eigenvalue weighted by atomic mass is 9.96. The summed E-state index contributed by atoms with van der Waals surface area (Å²) in [5.41, 5.74) is -0.262. The number of Topliss-reactive ketones (excluding diaryl/α,β-unsaturated/α-hetero) is 1. The first-order chi connectivity index (χ1) is 12.3. The Kier molecular flexibility index (Phi) is 11.5. The summed E-state index contributed by atoms with van der Waals surface area (Å²) in [6, 6.07) is 6.26. The quantitative estimate of drug-likeness (QED) is 0.413. The van der Waals surface area contributed by atoms with E-state index in [9.17, 15) is 23.1 Å².